The Morgan fingerprint density at radius 1 is 1.29 bits per heavy atom. The molecule has 14 heavy (non-hydrogen) atoms. The Morgan fingerprint density at radius 3 is 2.43 bits per heavy atom. The van der Waals surface area contributed by atoms with Gasteiger partial charge in [-0.1, -0.05) is 28.1 Å². The van der Waals surface area contributed by atoms with Crippen molar-refractivity contribution in [3.05, 3.63) is 34.3 Å². The molecular weight excluding hydrogens is 242 g/mol. The van der Waals surface area contributed by atoms with Gasteiger partial charge in [-0.3, -0.25) is 0 Å². The summed E-state index contributed by atoms with van der Waals surface area (Å²) in [4.78, 5) is 0. The number of rotatable bonds is 5. The van der Waals surface area contributed by atoms with Crippen LogP contribution in [0.25, 0.3) is 0 Å². The highest BCUT2D eigenvalue weighted by Gasteiger charge is 2.08. The first kappa shape index (κ1) is 11.7. The first-order valence-corrected chi connectivity index (χ1v) is 5.63. The zero-order chi connectivity index (χ0) is 10.4. The van der Waals surface area contributed by atoms with Crippen molar-refractivity contribution in [2.45, 2.75) is 18.8 Å². The fourth-order valence-corrected chi connectivity index (χ4v) is 1.76. The average molecular weight is 258 g/mol. The van der Waals surface area contributed by atoms with Gasteiger partial charge in [0.15, 0.2) is 0 Å². The molecule has 0 fully saturated rings. The summed E-state index contributed by atoms with van der Waals surface area (Å²) in [5, 5.41) is 8.75. The normalized spacial score (nSPS) is 12.8. The summed E-state index contributed by atoms with van der Waals surface area (Å²) in [5.74, 6) is 0.371. The zero-order valence-corrected chi connectivity index (χ0v) is 9.70. The zero-order valence-electron chi connectivity index (χ0n) is 8.12. The first-order chi connectivity index (χ1) is 6.77. The molecule has 0 amide bonds. The topological polar surface area (TPSA) is 46.2 Å². The molecule has 78 valence electrons. The SMILES string of the molecule is NC[C@@H](CCCO)c1ccc(Br)cc1. The van der Waals surface area contributed by atoms with E-state index in [2.05, 4.69) is 28.1 Å². The second-order valence-electron chi connectivity index (χ2n) is 3.35. The Bertz CT molecular complexity index is 260. The van der Waals surface area contributed by atoms with E-state index in [1.54, 1.807) is 0 Å². The molecule has 3 heteroatoms. The highest BCUT2D eigenvalue weighted by atomic mass is 79.9. The summed E-state index contributed by atoms with van der Waals surface area (Å²) in [5.41, 5.74) is 6.94. The highest BCUT2D eigenvalue weighted by molar-refractivity contribution is 9.10. The third kappa shape index (κ3) is 3.40. The van der Waals surface area contributed by atoms with E-state index in [4.69, 9.17) is 10.8 Å². The molecule has 0 heterocycles. The maximum absolute atomic E-state index is 8.75. The van der Waals surface area contributed by atoms with Gasteiger partial charge in [-0.25, -0.2) is 0 Å². The highest BCUT2D eigenvalue weighted by Crippen LogP contribution is 2.21. The number of nitrogens with two attached hydrogens (primary N) is 1. The third-order valence-electron chi connectivity index (χ3n) is 2.34. The minimum Gasteiger partial charge on any atom is -0.396 e. The first-order valence-electron chi connectivity index (χ1n) is 4.84. The van der Waals surface area contributed by atoms with Gasteiger partial charge in [0.05, 0.1) is 0 Å². The molecule has 1 rings (SSSR count). The summed E-state index contributed by atoms with van der Waals surface area (Å²) in [6, 6.07) is 8.21. The van der Waals surface area contributed by atoms with E-state index in [0.717, 1.165) is 17.3 Å². The van der Waals surface area contributed by atoms with Crippen molar-refractivity contribution >= 4 is 15.9 Å². The van der Waals surface area contributed by atoms with Crippen molar-refractivity contribution < 1.29 is 5.11 Å². The summed E-state index contributed by atoms with van der Waals surface area (Å²) < 4.78 is 1.08. The van der Waals surface area contributed by atoms with Crippen molar-refractivity contribution in [3.8, 4) is 0 Å². The smallest absolute Gasteiger partial charge is 0.0431 e. The molecule has 3 N–H and O–H groups in total. The van der Waals surface area contributed by atoms with E-state index in [-0.39, 0.29) is 6.61 Å². The summed E-state index contributed by atoms with van der Waals surface area (Å²) in [7, 11) is 0. The van der Waals surface area contributed by atoms with Crippen molar-refractivity contribution in [2.24, 2.45) is 5.73 Å². The van der Waals surface area contributed by atoms with E-state index in [9.17, 15) is 0 Å². The van der Waals surface area contributed by atoms with Crippen LogP contribution in [0.5, 0.6) is 0 Å². The van der Waals surface area contributed by atoms with E-state index in [0.29, 0.717) is 12.5 Å². The van der Waals surface area contributed by atoms with Crippen LogP contribution in [0.15, 0.2) is 28.7 Å². The maximum atomic E-state index is 8.75. The molecule has 0 aliphatic rings. The van der Waals surface area contributed by atoms with Gasteiger partial charge in [-0.15, -0.1) is 0 Å². The number of halogens is 1. The second-order valence-corrected chi connectivity index (χ2v) is 4.27. The molecule has 1 atom stereocenters. The van der Waals surface area contributed by atoms with Crippen LogP contribution in [0.2, 0.25) is 0 Å². The fraction of sp³-hybridized carbons (Fsp3) is 0.455. The fourth-order valence-electron chi connectivity index (χ4n) is 1.49. The van der Waals surface area contributed by atoms with Crippen molar-refractivity contribution in [2.75, 3.05) is 13.2 Å². The molecule has 0 saturated carbocycles. The molecule has 0 aliphatic carbocycles. The molecule has 0 bridgehead atoms. The Morgan fingerprint density at radius 2 is 1.93 bits per heavy atom. The molecule has 2 nitrogen and oxygen atoms in total. The van der Waals surface area contributed by atoms with Crippen molar-refractivity contribution in [1.29, 1.82) is 0 Å². The molecular formula is C11H16BrNO. The lowest BCUT2D eigenvalue weighted by Gasteiger charge is -2.14. The van der Waals surface area contributed by atoms with E-state index in [1.165, 1.54) is 5.56 Å². The molecule has 1 aromatic rings. The van der Waals surface area contributed by atoms with Gasteiger partial charge in [0, 0.05) is 11.1 Å². The summed E-state index contributed by atoms with van der Waals surface area (Å²) in [6.45, 7) is 0.884. The van der Waals surface area contributed by atoms with Gasteiger partial charge in [-0.2, -0.15) is 0 Å². The van der Waals surface area contributed by atoms with Crippen LogP contribution < -0.4 is 5.73 Å². The second kappa shape index (κ2) is 6.17. The van der Waals surface area contributed by atoms with Gasteiger partial charge in [0.25, 0.3) is 0 Å². The Balaban J connectivity index is 2.64. The largest absolute Gasteiger partial charge is 0.396 e. The lowest BCUT2D eigenvalue weighted by Crippen LogP contribution is -2.12. The van der Waals surface area contributed by atoms with E-state index in [1.807, 2.05) is 12.1 Å². The van der Waals surface area contributed by atoms with Crippen molar-refractivity contribution in [1.82, 2.24) is 0 Å². The van der Waals surface area contributed by atoms with Crippen LogP contribution in [0.1, 0.15) is 24.3 Å². The minimum atomic E-state index is 0.243. The van der Waals surface area contributed by atoms with Gasteiger partial charge >= 0.3 is 0 Å². The van der Waals surface area contributed by atoms with E-state index >= 15 is 0 Å². The van der Waals surface area contributed by atoms with Crippen LogP contribution in [-0.2, 0) is 0 Å². The van der Waals surface area contributed by atoms with Gasteiger partial charge in [0.1, 0.15) is 0 Å². The van der Waals surface area contributed by atoms with E-state index < -0.39 is 0 Å². The van der Waals surface area contributed by atoms with Gasteiger partial charge < -0.3 is 10.8 Å². The molecule has 0 saturated heterocycles. The lowest BCUT2D eigenvalue weighted by atomic mass is 9.95. The van der Waals surface area contributed by atoms with Crippen LogP contribution in [-0.4, -0.2) is 18.3 Å². The number of aliphatic hydroxyl groups excluding tert-OH is 1. The Labute approximate surface area is 93.3 Å². The number of hydrogen-bond donors (Lipinski definition) is 2. The predicted octanol–water partition coefficient (Wildman–Crippen LogP) is 2.26. The number of hydrogen-bond acceptors (Lipinski definition) is 2. The van der Waals surface area contributed by atoms with Crippen LogP contribution in [0.3, 0.4) is 0 Å². The average Bonchev–Trinajstić information content (AvgIpc) is 2.21. The minimum absolute atomic E-state index is 0.243. The van der Waals surface area contributed by atoms with Gasteiger partial charge in [0.2, 0.25) is 0 Å². The Hall–Kier alpha value is -0.380. The molecule has 0 aliphatic heterocycles. The summed E-state index contributed by atoms with van der Waals surface area (Å²) >= 11 is 3.40. The third-order valence-corrected chi connectivity index (χ3v) is 2.87. The van der Waals surface area contributed by atoms with Crippen LogP contribution >= 0.6 is 15.9 Å². The molecule has 0 aromatic heterocycles. The molecule has 0 spiro atoms. The molecule has 1 aromatic carbocycles. The van der Waals surface area contributed by atoms with Crippen molar-refractivity contribution in [3.63, 3.8) is 0 Å². The standard InChI is InChI=1S/C11H16BrNO/c12-11-5-3-9(4-6-11)10(8-13)2-1-7-14/h3-6,10,14H,1-2,7-8,13H2/t10-/m1/s1. The maximum Gasteiger partial charge on any atom is 0.0431 e. The summed E-state index contributed by atoms with van der Waals surface area (Å²) in [6.07, 6.45) is 1.77. The lowest BCUT2D eigenvalue weighted by molar-refractivity contribution is 0.280. The molecule has 0 radical (unpaired) electrons. The monoisotopic (exact) mass is 257 g/mol. The number of benzene rings is 1. The number of aliphatic hydroxyl groups is 1. The Kier molecular flexibility index (Phi) is 5.15. The van der Waals surface area contributed by atoms with Crippen LogP contribution in [0, 0.1) is 0 Å². The predicted molar refractivity (Wildman–Crippen MR) is 62.3 cm³/mol. The molecule has 0 unspecified atom stereocenters. The quantitative estimate of drug-likeness (QED) is 0.851. The van der Waals surface area contributed by atoms with Gasteiger partial charge in [-0.05, 0) is 43.0 Å². The van der Waals surface area contributed by atoms with Crippen LogP contribution in [0.4, 0.5) is 0 Å².